The predicted molar refractivity (Wildman–Crippen MR) is 107 cm³/mol. The molecule has 148 valence electrons. The summed E-state index contributed by atoms with van der Waals surface area (Å²) in [5.74, 6) is 1.54. The van der Waals surface area contributed by atoms with Gasteiger partial charge in [-0.2, -0.15) is 0 Å². The fourth-order valence-electron chi connectivity index (χ4n) is 2.35. The van der Waals surface area contributed by atoms with E-state index in [1.54, 1.807) is 7.11 Å². The third-order valence-electron chi connectivity index (χ3n) is 4.44. The van der Waals surface area contributed by atoms with Crippen molar-refractivity contribution in [2.75, 3.05) is 33.4 Å². The monoisotopic (exact) mass is 365 g/mol. The van der Waals surface area contributed by atoms with Gasteiger partial charge in [-0.15, -0.1) is 0 Å². The molecule has 26 heavy (non-hydrogen) atoms. The molecule has 0 radical (unpaired) electrons. The molecular formula is C20H35N3O3. The molecule has 3 N–H and O–H groups in total. The van der Waals surface area contributed by atoms with Crippen LogP contribution in [0.15, 0.2) is 29.3 Å². The van der Waals surface area contributed by atoms with Crippen LogP contribution in [-0.2, 0) is 11.3 Å². The molecule has 0 unspecified atom stereocenters. The van der Waals surface area contributed by atoms with E-state index in [0.717, 1.165) is 37.5 Å². The maximum absolute atomic E-state index is 10.5. The van der Waals surface area contributed by atoms with Gasteiger partial charge in [-0.3, -0.25) is 0 Å². The van der Waals surface area contributed by atoms with E-state index in [2.05, 4.69) is 15.6 Å². The molecule has 0 saturated heterocycles. The average Bonchev–Trinajstić information content (AvgIpc) is 2.69. The minimum atomic E-state index is -0.714. The molecule has 0 spiro atoms. The Labute approximate surface area is 158 Å². The number of benzene rings is 1. The second kappa shape index (κ2) is 12.5. The lowest BCUT2D eigenvalue weighted by Crippen LogP contribution is -2.47. The Balaban J connectivity index is 2.64. The van der Waals surface area contributed by atoms with Crippen molar-refractivity contribution in [3.05, 3.63) is 29.8 Å². The molecule has 0 aliphatic rings. The molecule has 0 atom stereocenters. The van der Waals surface area contributed by atoms with Gasteiger partial charge in [0, 0.05) is 26.3 Å². The summed E-state index contributed by atoms with van der Waals surface area (Å²) in [4.78, 5) is 4.64. The number of hydrogen-bond acceptors (Lipinski definition) is 4. The van der Waals surface area contributed by atoms with Crippen LogP contribution in [0, 0.1) is 0 Å². The lowest BCUT2D eigenvalue weighted by Gasteiger charge is -2.26. The number of aliphatic hydroxyl groups is 1. The topological polar surface area (TPSA) is 75.1 Å². The molecule has 0 amide bonds. The molecular weight excluding hydrogens is 330 g/mol. The van der Waals surface area contributed by atoms with Crippen molar-refractivity contribution in [1.29, 1.82) is 0 Å². The summed E-state index contributed by atoms with van der Waals surface area (Å²) in [6.07, 6.45) is 2.31. The molecule has 1 rings (SSSR count). The molecule has 0 fully saturated rings. The van der Waals surface area contributed by atoms with Gasteiger partial charge in [-0.05, 0) is 43.9 Å². The molecule has 0 aromatic heterocycles. The first-order valence-electron chi connectivity index (χ1n) is 9.52. The summed E-state index contributed by atoms with van der Waals surface area (Å²) in [6, 6.07) is 7.87. The average molecular weight is 366 g/mol. The number of guanidine groups is 1. The summed E-state index contributed by atoms with van der Waals surface area (Å²) < 4.78 is 10.5. The van der Waals surface area contributed by atoms with Crippen molar-refractivity contribution >= 4 is 5.96 Å². The van der Waals surface area contributed by atoms with Crippen molar-refractivity contribution in [2.45, 2.75) is 52.2 Å². The number of aliphatic imine (C=N–C) groups is 1. The van der Waals surface area contributed by atoms with E-state index in [0.29, 0.717) is 31.9 Å². The number of ether oxygens (including phenoxy) is 2. The quantitative estimate of drug-likeness (QED) is 0.302. The summed E-state index contributed by atoms with van der Waals surface area (Å²) in [7, 11) is 1.66. The number of rotatable bonds is 12. The minimum Gasteiger partial charge on any atom is -0.497 e. The molecule has 0 aliphatic heterocycles. The fraction of sp³-hybridized carbons (Fsp3) is 0.650. The Morgan fingerprint density at radius 3 is 2.38 bits per heavy atom. The predicted octanol–water partition coefficient (Wildman–Crippen LogP) is 2.71. The Morgan fingerprint density at radius 2 is 1.81 bits per heavy atom. The maximum atomic E-state index is 10.5. The molecule has 0 aliphatic carbocycles. The summed E-state index contributed by atoms with van der Waals surface area (Å²) >= 11 is 0. The highest BCUT2D eigenvalue weighted by atomic mass is 16.5. The summed E-state index contributed by atoms with van der Waals surface area (Å²) in [5, 5.41) is 17.1. The van der Waals surface area contributed by atoms with Crippen LogP contribution in [0.3, 0.4) is 0 Å². The van der Waals surface area contributed by atoms with Gasteiger partial charge in [0.05, 0.1) is 19.3 Å². The van der Waals surface area contributed by atoms with Crippen LogP contribution in [0.5, 0.6) is 5.75 Å². The Kier molecular flexibility index (Phi) is 10.7. The Morgan fingerprint density at radius 1 is 1.12 bits per heavy atom. The van der Waals surface area contributed by atoms with Crippen molar-refractivity contribution in [2.24, 2.45) is 4.99 Å². The van der Waals surface area contributed by atoms with Crippen LogP contribution in [0.1, 0.15) is 45.6 Å². The first-order chi connectivity index (χ1) is 12.6. The molecule has 1 aromatic carbocycles. The zero-order valence-electron chi connectivity index (χ0n) is 16.7. The van der Waals surface area contributed by atoms with Gasteiger partial charge < -0.3 is 25.2 Å². The zero-order chi connectivity index (χ0) is 19.3. The van der Waals surface area contributed by atoms with Gasteiger partial charge in [0.2, 0.25) is 0 Å². The summed E-state index contributed by atoms with van der Waals surface area (Å²) in [5.41, 5.74) is 0.385. The van der Waals surface area contributed by atoms with Crippen molar-refractivity contribution in [3.8, 4) is 5.75 Å². The second-order valence-electron chi connectivity index (χ2n) is 6.28. The van der Waals surface area contributed by atoms with Gasteiger partial charge in [-0.1, -0.05) is 26.0 Å². The van der Waals surface area contributed by atoms with Gasteiger partial charge in [0.25, 0.3) is 0 Å². The molecule has 0 saturated carbocycles. The molecule has 0 heterocycles. The van der Waals surface area contributed by atoms with Gasteiger partial charge in [0.1, 0.15) is 5.75 Å². The summed E-state index contributed by atoms with van der Waals surface area (Å²) in [6.45, 7) is 9.24. The minimum absolute atomic E-state index is 0.472. The third kappa shape index (κ3) is 8.54. The highest BCUT2D eigenvalue weighted by molar-refractivity contribution is 5.79. The van der Waals surface area contributed by atoms with Gasteiger partial charge in [0.15, 0.2) is 5.96 Å². The lowest BCUT2D eigenvalue weighted by atomic mass is 9.98. The Hall–Kier alpha value is -1.79. The van der Waals surface area contributed by atoms with E-state index in [1.165, 1.54) is 0 Å². The number of methoxy groups -OCH3 is 1. The van der Waals surface area contributed by atoms with Crippen molar-refractivity contribution < 1.29 is 14.6 Å². The number of nitrogens with zero attached hydrogens (tertiary/aromatic N) is 1. The van der Waals surface area contributed by atoms with E-state index in [1.807, 2.05) is 45.0 Å². The largest absolute Gasteiger partial charge is 0.497 e. The Bertz CT molecular complexity index is 514. The number of hydrogen-bond donors (Lipinski definition) is 3. The van der Waals surface area contributed by atoms with Crippen LogP contribution in [0.25, 0.3) is 0 Å². The molecule has 6 nitrogen and oxygen atoms in total. The van der Waals surface area contributed by atoms with Crippen LogP contribution in [0.4, 0.5) is 0 Å². The highest BCUT2D eigenvalue weighted by Crippen LogP contribution is 2.13. The highest BCUT2D eigenvalue weighted by Gasteiger charge is 2.22. The number of nitrogens with one attached hydrogen (secondary N) is 2. The van der Waals surface area contributed by atoms with E-state index in [-0.39, 0.29) is 0 Å². The molecule has 1 aromatic rings. The van der Waals surface area contributed by atoms with Crippen LogP contribution in [-0.4, -0.2) is 50.1 Å². The van der Waals surface area contributed by atoms with E-state index in [9.17, 15) is 5.11 Å². The van der Waals surface area contributed by atoms with Crippen LogP contribution >= 0.6 is 0 Å². The smallest absolute Gasteiger partial charge is 0.191 e. The molecule has 0 bridgehead atoms. The normalized spacial score (nSPS) is 12.1. The first-order valence-corrected chi connectivity index (χ1v) is 9.52. The zero-order valence-corrected chi connectivity index (χ0v) is 16.7. The van der Waals surface area contributed by atoms with Crippen LogP contribution < -0.4 is 15.4 Å². The second-order valence-corrected chi connectivity index (χ2v) is 6.28. The van der Waals surface area contributed by atoms with E-state index in [4.69, 9.17) is 9.47 Å². The standard InChI is InChI=1S/C20H35N3O3/c1-5-20(24,6-2)16-23-19(21-13-8-14-26-7-3)22-15-17-9-11-18(25-4)12-10-17/h9-12,24H,5-8,13-16H2,1-4H3,(H2,21,22,23). The lowest BCUT2D eigenvalue weighted by molar-refractivity contribution is 0.0367. The van der Waals surface area contributed by atoms with Gasteiger partial charge >= 0.3 is 0 Å². The SMILES string of the molecule is CCOCCCNC(=NCc1ccc(OC)cc1)NCC(O)(CC)CC. The third-order valence-corrected chi connectivity index (χ3v) is 4.44. The maximum Gasteiger partial charge on any atom is 0.191 e. The van der Waals surface area contributed by atoms with Crippen molar-refractivity contribution in [1.82, 2.24) is 10.6 Å². The van der Waals surface area contributed by atoms with E-state index >= 15 is 0 Å². The molecule has 6 heteroatoms. The van der Waals surface area contributed by atoms with Crippen LogP contribution in [0.2, 0.25) is 0 Å². The van der Waals surface area contributed by atoms with Gasteiger partial charge in [-0.25, -0.2) is 4.99 Å². The fourth-order valence-corrected chi connectivity index (χ4v) is 2.35. The van der Waals surface area contributed by atoms with Crippen molar-refractivity contribution in [3.63, 3.8) is 0 Å². The first kappa shape index (κ1) is 22.3. The van der Waals surface area contributed by atoms with E-state index < -0.39 is 5.60 Å².